The molecule has 0 radical (unpaired) electrons. The summed E-state index contributed by atoms with van der Waals surface area (Å²) in [5.74, 6) is -0.382. The Morgan fingerprint density at radius 3 is 2.41 bits per heavy atom. The summed E-state index contributed by atoms with van der Waals surface area (Å²) < 4.78 is 40.0. The molecule has 0 spiro atoms. The van der Waals surface area contributed by atoms with Crippen LogP contribution in [0.15, 0.2) is 71.7 Å². The predicted octanol–water partition coefficient (Wildman–Crippen LogP) is 3.96. The molecule has 1 fully saturated rings. The van der Waals surface area contributed by atoms with Crippen LogP contribution in [0.2, 0.25) is 0 Å². The number of nitrogens with zero attached hydrogens (tertiary/aromatic N) is 3. The average molecular weight is 504 g/mol. The smallest absolute Gasteiger partial charge is 0.263 e. The molecule has 9 heteroatoms. The van der Waals surface area contributed by atoms with Crippen LogP contribution in [0.5, 0.6) is 11.5 Å². The molecule has 0 aliphatic carbocycles. The van der Waals surface area contributed by atoms with Crippen LogP contribution in [0.25, 0.3) is 16.5 Å². The second kappa shape index (κ2) is 9.33. The highest BCUT2D eigenvalue weighted by atomic mass is 19.1. The van der Waals surface area contributed by atoms with Crippen molar-refractivity contribution in [3.63, 3.8) is 0 Å². The molecule has 3 aromatic carbocycles. The van der Waals surface area contributed by atoms with E-state index in [2.05, 4.69) is 4.90 Å². The van der Waals surface area contributed by atoms with Crippen LogP contribution in [0.3, 0.4) is 0 Å². The lowest BCUT2D eigenvalue weighted by Crippen LogP contribution is -2.48. The first-order valence-corrected chi connectivity index (χ1v) is 12.0. The third-order valence-electron chi connectivity index (χ3n) is 6.83. The van der Waals surface area contributed by atoms with Gasteiger partial charge in [0, 0.05) is 55.8 Å². The summed E-state index contributed by atoms with van der Waals surface area (Å²) in [6, 6.07) is 15.7. The van der Waals surface area contributed by atoms with Gasteiger partial charge in [-0.1, -0.05) is 24.3 Å². The maximum absolute atomic E-state index is 14.6. The zero-order chi connectivity index (χ0) is 25.5. The first-order chi connectivity index (χ1) is 18.0. The molecule has 2 aliphatic heterocycles. The van der Waals surface area contributed by atoms with Crippen molar-refractivity contribution in [2.24, 2.45) is 0 Å². The molecule has 1 amide bonds. The van der Waals surface area contributed by atoms with Crippen molar-refractivity contribution < 1.29 is 23.0 Å². The van der Waals surface area contributed by atoms with Crippen LogP contribution >= 0.6 is 0 Å². The first-order valence-electron chi connectivity index (χ1n) is 12.0. The summed E-state index contributed by atoms with van der Waals surface area (Å²) in [6.07, 6.45) is 1.36. The fourth-order valence-electron chi connectivity index (χ4n) is 4.89. The Balaban J connectivity index is 1.25. The SMILES string of the molecule is O=C(c1cn(-c2ccc(F)cc2F)c(=O)c2ccccc12)N1CCN(Cc2ccc3c(c2)OCO3)CC1. The molecular weight excluding hydrogens is 480 g/mol. The summed E-state index contributed by atoms with van der Waals surface area (Å²) >= 11 is 0. The van der Waals surface area contributed by atoms with Gasteiger partial charge in [0.25, 0.3) is 11.5 Å². The molecule has 1 saturated heterocycles. The number of pyridine rings is 1. The number of benzene rings is 3. The molecule has 4 aromatic rings. The zero-order valence-corrected chi connectivity index (χ0v) is 19.8. The fourth-order valence-corrected chi connectivity index (χ4v) is 4.89. The normalized spacial score (nSPS) is 15.4. The van der Waals surface area contributed by atoms with E-state index in [1.165, 1.54) is 12.3 Å². The quantitative estimate of drug-likeness (QED) is 0.422. The van der Waals surface area contributed by atoms with Crippen molar-refractivity contribution in [1.82, 2.24) is 14.4 Å². The minimum absolute atomic E-state index is 0.111. The molecule has 3 heterocycles. The van der Waals surface area contributed by atoms with E-state index in [1.807, 2.05) is 18.2 Å². The lowest BCUT2D eigenvalue weighted by molar-refractivity contribution is 0.0629. The first kappa shape index (κ1) is 23.2. The molecule has 188 valence electrons. The number of hydrogen-bond donors (Lipinski definition) is 0. The largest absolute Gasteiger partial charge is 0.454 e. The van der Waals surface area contributed by atoms with Gasteiger partial charge in [-0.25, -0.2) is 8.78 Å². The second-order valence-corrected chi connectivity index (χ2v) is 9.12. The molecule has 1 aromatic heterocycles. The average Bonchev–Trinajstić information content (AvgIpc) is 3.38. The van der Waals surface area contributed by atoms with E-state index >= 15 is 0 Å². The summed E-state index contributed by atoms with van der Waals surface area (Å²) in [7, 11) is 0. The third kappa shape index (κ3) is 4.31. The van der Waals surface area contributed by atoms with Crippen LogP contribution in [0.1, 0.15) is 15.9 Å². The Morgan fingerprint density at radius 1 is 0.865 bits per heavy atom. The minimum Gasteiger partial charge on any atom is -0.454 e. The Morgan fingerprint density at radius 2 is 1.62 bits per heavy atom. The summed E-state index contributed by atoms with van der Waals surface area (Å²) in [5, 5.41) is 0.789. The number of carbonyl (C=O) groups excluding carboxylic acids is 1. The number of piperazine rings is 1. The predicted molar refractivity (Wildman–Crippen MR) is 133 cm³/mol. The van der Waals surface area contributed by atoms with Gasteiger partial charge >= 0.3 is 0 Å². The van der Waals surface area contributed by atoms with Crippen LogP contribution in [0.4, 0.5) is 8.78 Å². The molecule has 0 saturated carbocycles. The highest BCUT2D eigenvalue weighted by molar-refractivity contribution is 6.06. The summed E-state index contributed by atoms with van der Waals surface area (Å²) in [5.41, 5.74) is 0.803. The van der Waals surface area contributed by atoms with Gasteiger partial charge in [-0.05, 0) is 35.9 Å². The molecule has 0 N–H and O–H groups in total. The minimum atomic E-state index is -0.882. The van der Waals surface area contributed by atoms with E-state index in [0.717, 1.165) is 40.3 Å². The third-order valence-corrected chi connectivity index (χ3v) is 6.83. The van der Waals surface area contributed by atoms with E-state index in [4.69, 9.17) is 9.47 Å². The van der Waals surface area contributed by atoms with E-state index < -0.39 is 17.2 Å². The van der Waals surface area contributed by atoms with Crippen LogP contribution in [-0.2, 0) is 6.54 Å². The van der Waals surface area contributed by atoms with Gasteiger partial charge < -0.3 is 14.4 Å². The van der Waals surface area contributed by atoms with E-state index in [0.29, 0.717) is 42.5 Å². The van der Waals surface area contributed by atoms with Gasteiger partial charge in [0.2, 0.25) is 6.79 Å². The lowest BCUT2D eigenvalue weighted by atomic mass is 10.1. The van der Waals surface area contributed by atoms with Crippen molar-refractivity contribution >= 4 is 16.7 Å². The number of hydrogen-bond acceptors (Lipinski definition) is 5. The van der Waals surface area contributed by atoms with E-state index in [-0.39, 0.29) is 18.4 Å². The molecule has 7 nitrogen and oxygen atoms in total. The number of carbonyl (C=O) groups is 1. The summed E-state index contributed by atoms with van der Waals surface area (Å²) in [6.45, 7) is 3.30. The molecule has 6 rings (SSSR count). The lowest BCUT2D eigenvalue weighted by Gasteiger charge is -2.35. The maximum atomic E-state index is 14.6. The number of ether oxygens (including phenoxy) is 2. The topological polar surface area (TPSA) is 64.0 Å². The highest BCUT2D eigenvalue weighted by Crippen LogP contribution is 2.33. The van der Waals surface area contributed by atoms with Gasteiger partial charge in [0.15, 0.2) is 11.5 Å². The van der Waals surface area contributed by atoms with Gasteiger partial charge in [0.1, 0.15) is 11.6 Å². The number of aromatic nitrogens is 1. The molecule has 2 aliphatic rings. The number of rotatable bonds is 4. The Hall–Kier alpha value is -4.24. The maximum Gasteiger partial charge on any atom is 0.263 e. The molecule has 0 atom stereocenters. The second-order valence-electron chi connectivity index (χ2n) is 9.12. The molecule has 37 heavy (non-hydrogen) atoms. The van der Waals surface area contributed by atoms with Crippen molar-refractivity contribution in [2.75, 3.05) is 33.0 Å². The molecule has 0 bridgehead atoms. The van der Waals surface area contributed by atoms with Crippen LogP contribution in [0, 0.1) is 11.6 Å². The van der Waals surface area contributed by atoms with Crippen LogP contribution < -0.4 is 15.0 Å². The van der Waals surface area contributed by atoms with E-state index in [1.54, 1.807) is 29.2 Å². The van der Waals surface area contributed by atoms with Crippen molar-refractivity contribution in [2.45, 2.75) is 6.54 Å². The van der Waals surface area contributed by atoms with Gasteiger partial charge in [0.05, 0.1) is 11.3 Å². The van der Waals surface area contributed by atoms with Crippen molar-refractivity contribution in [3.05, 3.63) is 100.0 Å². The fraction of sp³-hybridized carbons (Fsp3) is 0.214. The molecule has 0 unspecified atom stereocenters. The molecular formula is C28H23F2N3O4. The van der Waals surface area contributed by atoms with E-state index in [9.17, 15) is 18.4 Å². The number of fused-ring (bicyclic) bond motifs is 2. The van der Waals surface area contributed by atoms with Gasteiger partial charge in [-0.2, -0.15) is 0 Å². The monoisotopic (exact) mass is 503 g/mol. The Labute approximate surface area is 211 Å². The highest BCUT2D eigenvalue weighted by Gasteiger charge is 2.26. The van der Waals surface area contributed by atoms with Crippen molar-refractivity contribution in [1.29, 1.82) is 0 Å². The van der Waals surface area contributed by atoms with Gasteiger partial charge in [-0.3, -0.25) is 19.1 Å². The number of halogens is 2. The Bertz CT molecular complexity index is 1580. The number of amides is 1. The van der Waals surface area contributed by atoms with Crippen molar-refractivity contribution in [3.8, 4) is 17.2 Å². The van der Waals surface area contributed by atoms with Gasteiger partial charge in [-0.15, -0.1) is 0 Å². The zero-order valence-electron chi connectivity index (χ0n) is 19.8. The summed E-state index contributed by atoms with van der Waals surface area (Å²) in [4.78, 5) is 30.8. The standard InChI is InChI=1S/C28H23F2N3O4/c29-19-6-7-24(23(30)14-19)33-16-22(20-3-1-2-4-21(20)28(33)35)27(34)32-11-9-31(10-12-32)15-18-5-8-25-26(13-18)37-17-36-25/h1-8,13-14,16H,9-12,15,17H2. The Kier molecular flexibility index (Phi) is 5.84. The van der Waals surface area contributed by atoms with Crippen LogP contribution in [-0.4, -0.2) is 53.2 Å².